The highest BCUT2D eigenvalue weighted by molar-refractivity contribution is 5.48. The fourth-order valence-corrected chi connectivity index (χ4v) is 5.45. The van der Waals surface area contributed by atoms with Crippen LogP contribution >= 0.6 is 0 Å². The highest BCUT2D eigenvalue weighted by Crippen LogP contribution is 2.44. The maximum absolute atomic E-state index is 4.01. The number of benzene rings is 2. The third-order valence-electron chi connectivity index (χ3n) is 6.66. The predicted octanol–water partition coefficient (Wildman–Crippen LogP) is 7.01. The third kappa shape index (κ3) is 4.66. The van der Waals surface area contributed by atoms with Gasteiger partial charge < -0.3 is 10.6 Å². The minimum atomic E-state index is 0.221. The van der Waals surface area contributed by atoms with Crippen molar-refractivity contribution in [3.8, 4) is 0 Å². The molecule has 2 heteroatoms. The number of para-hydroxylation sites is 2. The Bertz CT molecular complexity index is 621. The Morgan fingerprint density at radius 1 is 0.519 bits per heavy atom. The van der Waals surface area contributed by atoms with Crippen LogP contribution < -0.4 is 10.6 Å². The fraction of sp³-hybridized carbons (Fsp3) is 0.520. The van der Waals surface area contributed by atoms with Crippen LogP contribution in [0.4, 0.5) is 11.4 Å². The molecule has 144 valence electrons. The van der Waals surface area contributed by atoms with Gasteiger partial charge in [0, 0.05) is 22.5 Å². The van der Waals surface area contributed by atoms with Crippen molar-refractivity contribution in [2.45, 2.75) is 81.7 Å². The van der Waals surface area contributed by atoms with Gasteiger partial charge in [-0.2, -0.15) is 0 Å². The molecule has 2 nitrogen and oxygen atoms in total. The van der Waals surface area contributed by atoms with E-state index in [4.69, 9.17) is 0 Å². The van der Waals surface area contributed by atoms with Gasteiger partial charge >= 0.3 is 0 Å². The van der Waals surface area contributed by atoms with Gasteiger partial charge in [-0.1, -0.05) is 74.9 Å². The number of hydrogen-bond acceptors (Lipinski definition) is 2. The van der Waals surface area contributed by atoms with Crippen molar-refractivity contribution in [1.29, 1.82) is 0 Å². The van der Waals surface area contributed by atoms with E-state index < -0.39 is 0 Å². The number of anilines is 2. The zero-order valence-corrected chi connectivity index (χ0v) is 16.6. The Morgan fingerprint density at radius 3 is 1.26 bits per heavy atom. The van der Waals surface area contributed by atoms with E-state index in [1.54, 1.807) is 0 Å². The smallest absolute Gasteiger partial charge is 0.0396 e. The van der Waals surface area contributed by atoms with Crippen LogP contribution in [0.25, 0.3) is 0 Å². The first-order valence-electron chi connectivity index (χ1n) is 10.9. The number of hydrogen-bond donors (Lipinski definition) is 2. The number of nitrogens with one attached hydrogen (secondary N) is 2. The molecule has 0 heterocycles. The first-order valence-corrected chi connectivity index (χ1v) is 10.9. The van der Waals surface area contributed by atoms with E-state index >= 15 is 0 Å². The maximum atomic E-state index is 4.01. The molecule has 2 aromatic rings. The standard InChI is InChI=1S/C25H34N2/c1-5-13-22(14-6-1)26-24(17-9-3-10-18-24)21-25(19-11-4-12-20-25)27-23-15-7-2-8-16-23/h1-2,5-8,13-16,26-27H,3-4,9-12,17-21H2. The zero-order valence-electron chi connectivity index (χ0n) is 16.6. The summed E-state index contributed by atoms with van der Waals surface area (Å²) in [6.45, 7) is 0. The molecular formula is C25H34N2. The van der Waals surface area contributed by atoms with Crippen LogP contribution in [-0.2, 0) is 0 Å². The molecule has 0 unspecified atom stereocenters. The van der Waals surface area contributed by atoms with Crippen molar-refractivity contribution in [2.75, 3.05) is 10.6 Å². The summed E-state index contributed by atoms with van der Waals surface area (Å²) < 4.78 is 0. The average molecular weight is 363 g/mol. The van der Waals surface area contributed by atoms with Crippen LogP contribution in [0.1, 0.15) is 70.6 Å². The molecule has 2 aliphatic carbocycles. The summed E-state index contributed by atoms with van der Waals surface area (Å²) in [5.74, 6) is 0. The molecule has 2 N–H and O–H groups in total. The van der Waals surface area contributed by atoms with Crippen LogP contribution in [-0.4, -0.2) is 11.1 Å². The van der Waals surface area contributed by atoms with Gasteiger partial charge in [-0.25, -0.2) is 0 Å². The summed E-state index contributed by atoms with van der Waals surface area (Å²) in [6.07, 6.45) is 14.6. The molecule has 0 saturated heterocycles. The Morgan fingerprint density at radius 2 is 0.889 bits per heavy atom. The normalized spacial score (nSPS) is 21.3. The first-order chi connectivity index (χ1) is 13.3. The van der Waals surface area contributed by atoms with Crippen LogP contribution in [0.2, 0.25) is 0 Å². The molecule has 0 spiro atoms. The van der Waals surface area contributed by atoms with Crippen molar-refractivity contribution >= 4 is 11.4 Å². The largest absolute Gasteiger partial charge is 0.380 e. The van der Waals surface area contributed by atoms with Crippen molar-refractivity contribution in [2.24, 2.45) is 0 Å². The molecule has 0 aliphatic heterocycles. The summed E-state index contributed by atoms with van der Waals surface area (Å²) in [7, 11) is 0. The second-order valence-electron chi connectivity index (χ2n) is 8.84. The highest BCUT2D eigenvalue weighted by atomic mass is 15.0. The van der Waals surface area contributed by atoms with Crippen molar-refractivity contribution in [1.82, 2.24) is 0 Å². The van der Waals surface area contributed by atoms with Crippen LogP contribution in [0.5, 0.6) is 0 Å². The number of rotatable bonds is 6. The lowest BCUT2D eigenvalue weighted by atomic mass is 9.68. The highest BCUT2D eigenvalue weighted by Gasteiger charge is 2.42. The van der Waals surface area contributed by atoms with Gasteiger partial charge in [-0.3, -0.25) is 0 Å². The monoisotopic (exact) mass is 362 g/mol. The van der Waals surface area contributed by atoms with E-state index in [0.717, 1.165) is 0 Å². The predicted molar refractivity (Wildman–Crippen MR) is 116 cm³/mol. The van der Waals surface area contributed by atoms with Gasteiger partial charge in [0.05, 0.1) is 0 Å². The molecule has 2 saturated carbocycles. The maximum Gasteiger partial charge on any atom is 0.0396 e. The SMILES string of the molecule is c1ccc(NC2(CC3(Nc4ccccc4)CCCCC3)CCCCC2)cc1. The minimum Gasteiger partial charge on any atom is -0.380 e. The molecule has 2 aromatic carbocycles. The van der Waals surface area contributed by atoms with Gasteiger partial charge in [-0.05, 0) is 56.4 Å². The molecule has 4 rings (SSSR count). The van der Waals surface area contributed by atoms with E-state index in [1.807, 2.05) is 0 Å². The van der Waals surface area contributed by atoms with E-state index in [2.05, 4.69) is 71.3 Å². The van der Waals surface area contributed by atoms with Crippen molar-refractivity contribution in [3.05, 3.63) is 60.7 Å². The van der Waals surface area contributed by atoms with Crippen LogP contribution in [0, 0.1) is 0 Å². The lowest BCUT2D eigenvalue weighted by molar-refractivity contribution is 0.208. The molecule has 0 bridgehead atoms. The van der Waals surface area contributed by atoms with Crippen molar-refractivity contribution < 1.29 is 0 Å². The molecule has 2 aliphatic rings. The fourth-order valence-electron chi connectivity index (χ4n) is 5.45. The minimum absolute atomic E-state index is 0.221. The van der Waals surface area contributed by atoms with Crippen LogP contribution in [0.3, 0.4) is 0 Å². The molecule has 0 atom stereocenters. The molecule has 27 heavy (non-hydrogen) atoms. The summed E-state index contributed by atoms with van der Waals surface area (Å²) in [5, 5.41) is 8.02. The van der Waals surface area contributed by atoms with E-state index in [9.17, 15) is 0 Å². The van der Waals surface area contributed by atoms with E-state index in [0.29, 0.717) is 0 Å². The van der Waals surface area contributed by atoms with Crippen molar-refractivity contribution in [3.63, 3.8) is 0 Å². The van der Waals surface area contributed by atoms with E-state index in [-0.39, 0.29) is 11.1 Å². The lowest BCUT2D eigenvalue weighted by Crippen LogP contribution is -2.52. The Kier molecular flexibility index (Phi) is 5.71. The van der Waals surface area contributed by atoms with Gasteiger partial charge in [0.2, 0.25) is 0 Å². The molecule has 0 radical (unpaired) electrons. The summed E-state index contributed by atoms with van der Waals surface area (Å²) >= 11 is 0. The van der Waals surface area contributed by atoms with Gasteiger partial charge in [0.15, 0.2) is 0 Å². The third-order valence-corrected chi connectivity index (χ3v) is 6.66. The molecule has 0 aromatic heterocycles. The lowest BCUT2D eigenvalue weighted by Gasteiger charge is -2.49. The average Bonchev–Trinajstić information content (AvgIpc) is 2.70. The van der Waals surface area contributed by atoms with Gasteiger partial charge in [-0.15, -0.1) is 0 Å². The summed E-state index contributed by atoms with van der Waals surface area (Å²) in [5.41, 5.74) is 3.01. The topological polar surface area (TPSA) is 24.1 Å². The Hall–Kier alpha value is -1.96. The quantitative estimate of drug-likeness (QED) is 0.577. The molecule has 2 fully saturated rings. The first kappa shape index (κ1) is 18.4. The van der Waals surface area contributed by atoms with Gasteiger partial charge in [0.1, 0.15) is 0 Å². The second-order valence-corrected chi connectivity index (χ2v) is 8.84. The summed E-state index contributed by atoms with van der Waals surface area (Å²) in [4.78, 5) is 0. The van der Waals surface area contributed by atoms with Gasteiger partial charge in [0.25, 0.3) is 0 Å². The van der Waals surface area contributed by atoms with Crippen LogP contribution in [0.15, 0.2) is 60.7 Å². The molecular weight excluding hydrogens is 328 g/mol. The molecule has 0 amide bonds. The summed E-state index contributed by atoms with van der Waals surface area (Å²) in [6, 6.07) is 21.7. The Labute approximate surface area is 164 Å². The Balaban J connectivity index is 1.59. The zero-order chi connectivity index (χ0) is 18.4. The second kappa shape index (κ2) is 8.37. The van der Waals surface area contributed by atoms with E-state index in [1.165, 1.54) is 82.0 Å².